The highest BCUT2D eigenvalue weighted by Gasteiger charge is 2.05. The maximum Gasteiger partial charge on any atom is 0.269 e. The SMILES string of the molecule is CCCCOCCNC(=O)c1ccc(C#CCCO)cn1. The lowest BCUT2D eigenvalue weighted by Gasteiger charge is -2.05. The number of pyridine rings is 1. The van der Waals surface area contributed by atoms with E-state index in [0.717, 1.165) is 25.0 Å². The summed E-state index contributed by atoms with van der Waals surface area (Å²) >= 11 is 0. The molecule has 0 aromatic carbocycles. The molecule has 0 atom stereocenters. The number of rotatable bonds is 8. The maximum atomic E-state index is 11.8. The van der Waals surface area contributed by atoms with E-state index in [9.17, 15) is 4.79 Å². The van der Waals surface area contributed by atoms with Crippen LogP contribution in [-0.2, 0) is 4.74 Å². The van der Waals surface area contributed by atoms with Gasteiger partial charge >= 0.3 is 0 Å². The van der Waals surface area contributed by atoms with Crippen molar-refractivity contribution in [2.24, 2.45) is 0 Å². The molecule has 1 rings (SSSR count). The maximum absolute atomic E-state index is 11.8. The second-order valence-electron chi connectivity index (χ2n) is 4.43. The first-order valence-electron chi connectivity index (χ1n) is 7.19. The van der Waals surface area contributed by atoms with Crippen LogP contribution >= 0.6 is 0 Å². The third-order valence-corrected chi connectivity index (χ3v) is 2.64. The van der Waals surface area contributed by atoms with Crippen molar-refractivity contribution in [2.75, 3.05) is 26.4 Å². The molecule has 1 aromatic heterocycles. The van der Waals surface area contributed by atoms with Crippen molar-refractivity contribution < 1.29 is 14.6 Å². The summed E-state index contributed by atoms with van der Waals surface area (Å²) in [5, 5.41) is 11.4. The van der Waals surface area contributed by atoms with Crippen LogP contribution < -0.4 is 5.32 Å². The first kappa shape index (κ1) is 17.2. The normalized spacial score (nSPS) is 9.81. The quantitative estimate of drug-likeness (QED) is 0.560. The smallest absolute Gasteiger partial charge is 0.269 e. The van der Waals surface area contributed by atoms with Crippen LogP contribution in [0.15, 0.2) is 18.3 Å². The van der Waals surface area contributed by atoms with E-state index in [2.05, 4.69) is 29.1 Å². The van der Waals surface area contributed by atoms with E-state index in [1.165, 1.54) is 0 Å². The number of aliphatic hydroxyl groups is 1. The minimum Gasteiger partial charge on any atom is -0.395 e. The third-order valence-electron chi connectivity index (χ3n) is 2.64. The first-order valence-corrected chi connectivity index (χ1v) is 7.19. The molecule has 5 nitrogen and oxygen atoms in total. The predicted octanol–water partition coefficient (Wildman–Crippen LogP) is 1.36. The Kier molecular flexibility index (Phi) is 8.85. The summed E-state index contributed by atoms with van der Waals surface area (Å²) in [7, 11) is 0. The van der Waals surface area contributed by atoms with Crippen LogP contribution in [-0.4, -0.2) is 42.4 Å². The minimum absolute atomic E-state index is 0.0429. The Hall–Kier alpha value is -1.90. The van der Waals surface area contributed by atoms with Crippen molar-refractivity contribution in [3.8, 4) is 11.8 Å². The molecular weight excluding hydrogens is 268 g/mol. The average Bonchev–Trinajstić information content (AvgIpc) is 2.51. The highest BCUT2D eigenvalue weighted by molar-refractivity contribution is 5.92. The predicted molar refractivity (Wildman–Crippen MR) is 80.9 cm³/mol. The Morgan fingerprint density at radius 3 is 2.95 bits per heavy atom. The van der Waals surface area contributed by atoms with Gasteiger partial charge in [-0.25, -0.2) is 4.98 Å². The van der Waals surface area contributed by atoms with E-state index < -0.39 is 0 Å². The molecule has 0 aliphatic heterocycles. The number of nitrogens with one attached hydrogen (secondary N) is 1. The number of carbonyl (C=O) groups is 1. The number of ether oxygens (including phenoxy) is 1. The number of hydrogen-bond acceptors (Lipinski definition) is 4. The molecule has 0 radical (unpaired) electrons. The van der Waals surface area contributed by atoms with Crippen LogP contribution in [0, 0.1) is 11.8 Å². The fraction of sp³-hybridized carbons (Fsp3) is 0.500. The van der Waals surface area contributed by atoms with Crippen LogP contribution in [0.1, 0.15) is 42.2 Å². The number of nitrogens with zero attached hydrogens (tertiary/aromatic N) is 1. The van der Waals surface area contributed by atoms with Gasteiger partial charge in [-0.1, -0.05) is 25.2 Å². The van der Waals surface area contributed by atoms with Crippen LogP contribution in [0.3, 0.4) is 0 Å². The molecule has 1 heterocycles. The van der Waals surface area contributed by atoms with Gasteiger partial charge in [0.1, 0.15) is 5.69 Å². The molecule has 0 aliphatic rings. The standard InChI is InChI=1S/C16H22N2O3/c1-2-3-11-21-12-9-17-16(20)15-8-7-14(13-18-15)6-4-5-10-19/h7-8,13,19H,2-3,5,9-12H2,1H3,(H,17,20). The lowest BCUT2D eigenvalue weighted by Crippen LogP contribution is -2.28. The summed E-state index contributed by atoms with van der Waals surface area (Å²) in [5.74, 6) is 5.44. The zero-order chi connectivity index (χ0) is 15.3. The highest BCUT2D eigenvalue weighted by Crippen LogP contribution is 1.99. The topological polar surface area (TPSA) is 71.5 Å². The second kappa shape index (κ2) is 10.8. The van der Waals surface area contributed by atoms with Crippen LogP contribution in [0.25, 0.3) is 0 Å². The Labute approximate surface area is 125 Å². The number of hydrogen-bond donors (Lipinski definition) is 2. The summed E-state index contributed by atoms with van der Waals surface area (Å²) in [6, 6.07) is 3.38. The fourth-order valence-electron chi connectivity index (χ4n) is 1.50. The summed E-state index contributed by atoms with van der Waals surface area (Å²) in [4.78, 5) is 15.9. The number of amides is 1. The van der Waals surface area contributed by atoms with E-state index in [0.29, 0.717) is 25.3 Å². The van der Waals surface area contributed by atoms with E-state index >= 15 is 0 Å². The number of unbranched alkanes of at least 4 members (excludes halogenated alkanes) is 1. The summed E-state index contributed by atoms with van der Waals surface area (Å²) in [5.41, 5.74) is 1.08. The molecule has 21 heavy (non-hydrogen) atoms. The van der Waals surface area contributed by atoms with Gasteiger partial charge in [-0.15, -0.1) is 0 Å². The zero-order valence-corrected chi connectivity index (χ0v) is 12.4. The van der Waals surface area contributed by atoms with E-state index in [1.807, 2.05) is 0 Å². The molecule has 0 aliphatic carbocycles. The summed E-state index contributed by atoms with van der Waals surface area (Å²) in [6.07, 6.45) is 4.12. The summed E-state index contributed by atoms with van der Waals surface area (Å²) < 4.78 is 5.36. The average molecular weight is 290 g/mol. The van der Waals surface area contributed by atoms with Crippen molar-refractivity contribution in [3.05, 3.63) is 29.6 Å². The molecule has 5 heteroatoms. The Morgan fingerprint density at radius 2 is 2.29 bits per heavy atom. The largest absolute Gasteiger partial charge is 0.395 e. The molecule has 0 bridgehead atoms. The number of carbonyl (C=O) groups excluding carboxylic acids is 1. The molecule has 0 unspecified atom stereocenters. The lowest BCUT2D eigenvalue weighted by molar-refractivity contribution is 0.0908. The van der Waals surface area contributed by atoms with Crippen LogP contribution in [0.2, 0.25) is 0 Å². The van der Waals surface area contributed by atoms with Crippen molar-refractivity contribution in [2.45, 2.75) is 26.2 Å². The molecule has 2 N–H and O–H groups in total. The Balaban J connectivity index is 2.33. The number of aromatic nitrogens is 1. The molecular formula is C16H22N2O3. The van der Waals surface area contributed by atoms with Gasteiger partial charge in [0.25, 0.3) is 5.91 Å². The minimum atomic E-state index is -0.219. The van der Waals surface area contributed by atoms with Gasteiger partial charge in [0.05, 0.1) is 13.2 Å². The number of aliphatic hydroxyl groups excluding tert-OH is 1. The van der Waals surface area contributed by atoms with E-state index in [-0.39, 0.29) is 12.5 Å². The van der Waals surface area contributed by atoms with Gasteiger partial charge in [-0.3, -0.25) is 4.79 Å². The van der Waals surface area contributed by atoms with E-state index in [4.69, 9.17) is 9.84 Å². The zero-order valence-electron chi connectivity index (χ0n) is 12.4. The van der Waals surface area contributed by atoms with Gasteiger partial charge in [0.15, 0.2) is 0 Å². The Morgan fingerprint density at radius 1 is 1.43 bits per heavy atom. The fourth-order valence-corrected chi connectivity index (χ4v) is 1.50. The molecule has 0 saturated carbocycles. The first-order chi connectivity index (χ1) is 10.3. The van der Waals surface area contributed by atoms with Gasteiger partial charge in [-0.2, -0.15) is 0 Å². The molecule has 0 spiro atoms. The van der Waals surface area contributed by atoms with Gasteiger partial charge < -0.3 is 15.2 Å². The highest BCUT2D eigenvalue weighted by atomic mass is 16.5. The molecule has 114 valence electrons. The van der Waals surface area contributed by atoms with Crippen LogP contribution in [0.4, 0.5) is 0 Å². The van der Waals surface area contributed by atoms with Crippen molar-refractivity contribution in [3.63, 3.8) is 0 Å². The van der Waals surface area contributed by atoms with Gasteiger partial charge in [-0.05, 0) is 18.6 Å². The second-order valence-corrected chi connectivity index (χ2v) is 4.43. The van der Waals surface area contributed by atoms with Crippen molar-refractivity contribution in [1.82, 2.24) is 10.3 Å². The van der Waals surface area contributed by atoms with Crippen molar-refractivity contribution >= 4 is 5.91 Å². The summed E-state index contributed by atoms with van der Waals surface area (Å²) in [6.45, 7) is 3.86. The monoisotopic (exact) mass is 290 g/mol. The van der Waals surface area contributed by atoms with Gasteiger partial charge in [0, 0.05) is 31.3 Å². The molecule has 1 aromatic rings. The molecule has 1 amide bonds. The molecule has 0 saturated heterocycles. The third kappa shape index (κ3) is 7.45. The van der Waals surface area contributed by atoms with Crippen LogP contribution in [0.5, 0.6) is 0 Å². The van der Waals surface area contributed by atoms with Crippen molar-refractivity contribution in [1.29, 1.82) is 0 Å². The molecule has 0 fully saturated rings. The van der Waals surface area contributed by atoms with Gasteiger partial charge in [0.2, 0.25) is 0 Å². The lowest BCUT2D eigenvalue weighted by atomic mass is 10.2. The van der Waals surface area contributed by atoms with E-state index in [1.54, 1.807) is 18.3 Å². The Bertz CT molecular complexity index is 475.